The van der Waals surface area contributed by atoms with E-state index in [4.69, 9.17) is 16.1 Å². The fourth-order valence-corrected chi connectivity index (χ4v) is 3.16. The number of carbonyl (C=O) groups excluding carboxylic acids is 1. The number of halogens is 1. The molecule has 3 rings (SSSR count). The average Bonchev–Trinajstić information content (AvgIpc) is 3.06. The van der Waals surface area contributed by atoms with Gasteiger partial charge in [0.1, 0.15) is 0 Å². The van der Waals surface area contributed by atoms with Crippen molar-refractivity contribution < 1.29 is 9.32 Å². The number of aryl methyl sites for hydroxylation is 1. The molecule has 0 aliphatic heterocycles. The van der Waals surface area contributed by atoms with Crippen LogP contribution >= 0.6 is 23.4 Å². The SMILES string of the molecule is Cc1nc(CSCC(=O)N(Cc2ccccn2)c2ccc(Cl)cc2)no1. The molecule has 134 valence electrons. The molecule has 0 spiro atoms. The third-order valence-electron chi connectivity index (χ3n) is 3.51. The zero-order valence-corrected chi connectivity index (χ0v) is 15.7. The number of nitrogens with zero attached hydrogens (tertiary/aromatic N) is 4. The molecular formula is C18H17ClN4O2S. The van der Waals surface area contributed by atoms with Crippen molar-refractivity contribution in [2.75, 3.05) is 10.7 Å². The van der Waals surface area contributed by atoms with Crippen LogP contribution in [-0.4, -0.2) is 26.8 Å². The first-order valence-corrected chi connectivity index (χ1v) is 9.48. The van der Waals surface area contributed by atoms with Crippen LogP contribution in [-0.2, 0) is 17.1 Å². The van der Waals surface area contributed by atoms with Gasteiger partial charge in [-0.15, -0.1) is 11.8 Å². The normalized spacial score (nSPS) is 10.7. The first kappa shape index (κ1) is 18.4. The number of pyridine rings is 1. The monoisotopic (exact) mass is 388 g/mol. The van der Waals surface area contributed by atoms with Gasteiger partial charge in [-0.3, -0.25) is 9.78 Å². The fourth-order valence-electron chi connectivity index (χ4n) is 2.31. The lowest BCUT2D eigenvalue weighted by Crippen LogP contribution is -2.32. The molecule has 1 amide bonds. The summed E-state index contributed by atoms with van der Waals surface area (Å²) in [6, 6.07) is 12.8. The van der Waals surface area contributed by atoms with Crippen LogP contribution in [0.4, 0.5) is 5.69 Å². The standard InChI is InChI=1S/C18H17ClN4O2S/c1-13-21-17(22-25-13)11-26-12-18(24)23(10-15-4-2-3-9-20-15)16-7-5-14(19)6-8-16/h2-9H,10-12H2,1H3. The van der Waals surface area contributed by atoms with E-state index in [2.05, 4.69) is 15.1 Å². The minimum absolute atomic E-state index is 0.0248. The highest BCUT2D eigenvalue weighted by Gasteiger charge is 2.17. The number of aromatic nitrogens is 3. The van der Waals surface area contributed by atoms with Gasteiger partial charge in [-0.25, -0.2) is 0 Å². The molecule has 0 atom stereocenters. The molecule has 0 fully saturated rings. The minimum atomic E-state index is -0.0248. The van der Waals surface area contributed by atoms with Crippen LogP contribution in [0.15, 0.2) is 53.2 Å². The van der Waals surface area contributed by atoms with E-state index in [1.165, 1.54) is 11.8 Å². The zero-order chi connectivity index (χ0) is 18.4. The van der Waals surface area contributed by atoms with E-state index in [0.717, 1.165) is 11.4 Å². The smallest absolute Gasteiger partial charge is 0.237 e. The van der Waals surface area contributed by atoms with Crippen molar-refractivity contribution in [2.45, 2.75) is 19.2 Å². The number of hydrogen-bond donors (Lipinski definition) is 0. The molecular weight excluding hydrogens is 372 g/mol. The highest BCUT2D eigenvalue weighted by Crippen LogP contribution is 2.21. The Balaban J connectivity index is 1.69. The third kappa shape index (κ3) is 5.06. The molecule has 2 aromatic heterocycles. The van der Waals surface area contributed by atoms with Gasteiger partial charge in [0.05, 0.1) is 23.7 Å². The number of carbonyl (C=O) groups is 1. The second-order valence-electron chi connectivity index (χ2n) is 5.50. The molecule has 0 saturated carbocycles. The lowest BCUT2D eigenvalue weighted by atomic mass is 10.2. The first-order chi connectivity index (χ1) is 12.6. The van der Waals surface area contributed by atoms with Crippen LogP contribution in [0.5, 0.6) is 0 Å². The number of rotatable bonds is 7. The molecule has 26 heavy (non-hydrogen) atoms. The highest BCUT2D eigenvalue weighted by atomic mass is 35.5. The Kier molecular flexibility index (Phi) is 6.25. The van der Waals surface area contributed by atoms with Gasteiger partial charge in [-0.2, -0.15) is 4.98 Å². The van der Waals surface area contributed by atoms with Crippen molar-refractivity contribution in [2.24, 2.45) is 0 Å². The van der Waals surface area contributed by atoms with E-state index < -0.39 is 0 Å². The molecule has 8 heteroatoms. The lowest BCUT2D eigenvalue weighted by molar-refractivity contribution is -0.116. The summed E-state index contributed by atoms with van der Waals surface area (Å²) in [6.07, 6.45) is 1.72. The van der Waals surface area contributed by atoms with Gasteiger partial charge in [0.25, 0.3) is 0 Å². The van der Waals surface area contributed by atoms with E-state index >= 15 is 0 Å². The number of thioether (sulfide) groups is 1. The van der Waals surface area contributed by atoms with Gasteiger partial charge in [0.2, 0.25) is 11.8 Å². The van der Waals surface area contributed by atoms with Crippen molar-refractivity contribution in [3.8, 4) is 0 Å². The first-order valence-electron chi connectivity index (χ1n) is 7.94. The topological polar surface area (TPSA) is 72.1 Å². The number of amides is 1. The van der Waals surface area contributed by atoms with Crippen LogP contribution in [0, 0.1) is 6.92 Å². The summed E-state index contributed by atoms with van der Waals surface area (Å²) in [4.78, 5) is 23.0. The van der Waals surface area contributed by atoms with E-state index in [-0.39, 0.29) is 5.91 Å². The summed E-state index contributed by atoms with van der Waals surface area (Å²) in [5.41, 5.74) is 1.59. The minimum Gasteiger partial charge on any atom is -0.340 e. The van der Waals surface area contributed by atoms with E-state index in [9.17, 15) is 4.79 Å². The molecule has 0 radical (unpaired) electrons. The highest BCUT2D eigenvalue weighted by molar-refractivity contribution is 7.99. The Morgan fingerprint density at radius 1 is 1.23 bits per heavy atom. The summed E-state index contributed by atoms with van der Waals surface area (Å²) in [7, 11) is 0. The van der Waals surface area contributed by atoms with Gasteiger partial charge in [0, 0.05) is 23.8 Å². The quantitative estimate of drug-likeness (QED) is 0.611. The summed E-state index contributed by atoms with van der Waals surface area (Å²) >= 11 is 7.41. The van der Waals surface area contributed by atoms with Gasteiger partial charge < -0.3 is 9.42 Å². The van der Waals surface area contributed by atoms with Crippen LogP contribution < -0.4 is 4.90 Å². The molecule has 0 saturated heterocycles. The maximum atomic E-state index is 12.8. The molecule has 6 nitrogen and oxygen atoms in total. The number of benzene rings is 1. The van der Waals surface area contributed by atoms with Crippen LogP contribution in [0.3, 0.4) is 0 Å². The molecule has 0 N–H and O–H groups in total. The summed E-state index contributed by atoms with van der Waals surface area (Å²) in [5, 5.41) is 4.46. The Morgan fingerprint density at radius 2 is 2.04 bits per heavy atom. The van der Waals surface area contributed by atoms with Crippen LogP contribution in [0.25, 0.3) is 0 Å². The molecule has 0 unspecified atom stereocenters. The zero-order valence-electron chi connectivity index (χ0n) is 14.1. The predicted octanol–water partition coefficient (Wildman–Crippen LogP) is 3.89. The maximum Gasteiger partial charge on any atom is 0.237 e. The maximum absolute atomic E-state index is 12.8. The summed E-state index contributed by atoms with van der Waals surface area (Å²) in [5.74, 6) is 1.89. The van der Waals surface area contributed by atoms with Crippen molar-refractivity contribution in [1.29, 1.82) is 0 Å². The average molecular weight is 389 g/mol. The Morgan fingerprint density at radius 3 is 2.69 bits per heavy atom. The van der Waals surface area contributed by atoms with Crippen molar-refractivity contribution in [3.63, 3.8) is 0 Å². The molecule has 2 heterocycles. The van der Waals surface area contributed by atoms with E-state index in [1.807, 2.05) is 30.3 Å². The van der Waals surface area contributed by atoms with Crippen LogP contribution in [0.1, 0.15) is 17.4 Å². The molecule has 0 aliphatic rings. The van der Waals surface area contributed by atoms with Gasteiger partial charge in [-0.1, -0.05) is 22.8 Å². The Bertz CT molecular complexity index is 855. The van der Waals surface area contributed by atoms with Crippen molar-refractivity contribution >= 4 is 35.0 Å². The Hall–Kier alpha value is -2.38. The summed E-state index contributed by atoms with van der Waals surface area (Å²) in [6.45, 7) is 2.13. The largest absolute Gasteiger partial charge is 0.340 e. The molecule has 0 bridgehead atoms. The lowest BCUT2D eigenvalue weighted by Gasteiger charge is -2.22. The van der Waals surface area contributed by atoms with Gasteiger partial charge >= 0.3 is 0 Å². The van der Waals surface area contributed by atoms with Crippen molar-refractivity contribution in [3.05, 3.63) is 71.1 Å². The second kappa shape index (κ2) is 8.82. The van der Waals surface area contributed by atoms with Crippen LogP contribution in [0.2, 0.25) is 5.02 Å². The molecule has 0 aliphatic carbocycles. The van der Waals surface area contributed by atoms with E-state index in [1.54, 1.807) is 30.2 Å². The van der Waals surface area contributed by atoms with Gasteiger partial charge in [-0.05, 0) is 36.4 Å². The third-order valence-corrected chi connectivity index (χ3v) is 4.68. The predicted molar refractivity (Wildman–Crippen MR) is 102 cm³/mol. The van der Waals surface area contributed by atoms with Gasteiger partial charge in [0.15, 0.2) is 5.82 Å². The van der Waals surface area contributed by atoms with Crippen molar-refractivity contribution in [1.82, 2.24) is 15.1 Å². The number of hydrogen-bond acceptors (Lipinski definition) is 6. The fraction of sp³-hybridized carbons (Fsp3) is 0.222. The number of anilines is 1. The summed E-state index contributed by atoms with van der Waals surface area (Å²) < 4.78 is 4.94. The Labute approximate surface area is 160 Å². The molecule has 3 aromatic rings. The second-order valence-corrected chi connectivity index (χ2v) is 6.92. The molecule has 1 aromatic carbocycles. The van der Waals surface area contributed by atoms with E-state index in [0.29, 0.717) is 34.8 Å².